The zero-order valence-electron chi connectivity index (χ0n) is 9.83. The highest BCUT2D eigenvalue weighted by Gasteiger charge is 2.37. The molecule has 0 saturated heterocycles. The van der Waals surface area contributed by atoms with E-state index in [2.05, 4.69) is 48.6 Å². The molecule has 0 aromatic heterocycles. The molecule has 2 nitrogen and oxygen atoms in total. The molecule has 1 N–H and O–H groups in total. The lowest BCUT2D eigenvalue weighted by Crippen LogP contribution is -2.10. The van der Waals surface area contributed by atoms with Gasteiger partial charge in [-0.15, -0.1) is 0 Å². The molecule has 1 saturated carbocycles. The largest absolute Gasteiger partial charge is 0.378 e. The van der Waals surface area contributed by atoms with Crippen LogP contribution in [0.1, 0.15) is 17.9 Å². The van der Waals surface area contributed by atoms with E-state index in [0.29, 0.717) is 0 Å². The Bertz CT molecular complexity index is 316. The van der Waals surface area contributed by atoms with E-state index in [9.17, 15) is 0 Å². The van der Waals surface area contributed by atoms with Crippen molar-refractivity contribution in [3.05, 3.63) is 29.8 Å². The number of nitrogens with one attached hydrogen (secondary N) is 1. The second kappa shape index (κ2) is 4.23. The lowest BCUT2D eigenvalue weighted by Gasteiger charge is -2.12. The van der Waals surface area contributed by atoms with Gasteiger partial charge in [-0.05, 0) is 49.5 Å². The second-order valence-corrected chi connectivity index (χ2v) is 4.65. The standard InChI is InChI=1S/C13H20N2/c1-14-9-11-8-13(11)10-4-6-12(7-5-10)15(2)3/h4-7,11,13-14H,8-9H2,1-3H3/t11-,13-/m1/s1. The van der Waals surface area contributed by atoms with E-state index in [-0.39, 0.29) is 0 Å². The van der Waals surface area contributed by atoms with Crippen molar-refractivity contribution >= 4 is 5.69 Å². The Morgan fingerprint density at radius 2 is 1.93 bits per heavy atom. The molecule has 2 rings (SSSR count). The first-order valence-corrected chi connectivity index (χ1v) is 5.64. The molecule has 82 valence electrons. The molecular weight excluding hydrogens is 184 g/mol. The van der Waals surface area contributed by atoms with Crippen LogP contribution < -0.4 is 10.2 Å². The summed E-state index contributed by atoms with van der Waals surface area (Å²) in [6.45, 7) is 1.15. The minimum atomic E-state index is 0.800. The third-order valence-electron chi connectivity index (χ3n) is 3.23. The fourth-order valence-corrected chi connectivity index (χ4v) is 2.16. The molecule has 1 aliphatic carbocycles. The molecule has 1 aliphatic rings. The van der Waals surface area contributed by atoms with Crippen LogP contribution in [-0.4, -0.2) is 27.7 Å². The van der Waals surface area contributed by atoms with E-state index in [1.807, 2.05) is 7.05 Å². The van der Waals surface area contributed by atoms with Crippen molar-refractivity contribution in [1.29, 1.82) is 0 Å². The fourth-order valence-electron chi connectivity index (χ4n) is 2.16. The average Bonchev–Trinajstić information content (AvgIpc) is 2.98. The lowest BCUT2D eigenvalue weighted by molar-refractivity contribution is 0.698. The molecule has 0 heterocycles. The molecule has 0 radical (unpaired) electrons. The normalized spacial score (nSPS) is 23.9. The molecule has 15 heavy (non-hydrogen) atoms. The second-order valence-electron chi connectivity index (χ2n) is 4.65. The summed E-state index contributed by atoms with van der Waals surface area (Å²) in [4.78, 5) is 2.14. The summed E-state index contributed by atoms with van der Waals surface area (Å²) in [6, 6.07) is 8.97. The van der Waals surface area contributed by atoms with Gasteiger partial charge in [0.1, 0.15) is 0 Å². The maximum atomic E-state index is 3.25. The predicted molar refractivity (Wildman–Crippen MR) is 65.5 cm³/mol. The van der Waals surface area contributed by atoms with Crippen molar-refractivity contribution in [1.82, 2.24) is 5.32 Å². The van der Waals surface area contributed by atoms with Gasteiger partial charge in [0, 0.05) is 19.8 Å². The van der Waals surface area contributed by atoms with Crippen LogP contribution in [0.2, 0.25) is 0 Å². The molecular formula is C13H20N2. The summed E-state index contributed by atoms with van der Waals surface area (Å²) in [5.41, 5.74) is 2.78. The van der Waals surface area contributed by atoms with E-state index in [1.165, 1.54) is 17.7 Å². The van der Waals surface area contributed by atoms with Gasteiger partial charge in [0.05, 0.1) is 0 Å². The van der Waals surface area contributed by atoms with Crippen LogP contribution in [0.15, 0.2) is 24.3 Å². The van der Waals surface area contributed by atoms with E-state index < -0.39 is 0 Å². The van der Waals surface area contributed by atoms with Crippen LogP contribution in [0.5, 0.6) is 0 Å². The summed E-state index contributed by atoms with van der Waals surface area (Å²) in [7, 11) is 6.19. The van der Waals surface area contributed by atoms with E-state index in [4.69, 9.17) is 0 Å². The van der Waals surface area contributed by atoms with Crippen molar-refractivity contribution in [2.75, 3.05) is 32.6 Å². The first-order chi connectivity index (χ1) is 7.22. The Hall–Kier alpha value is -1.02. The van der Waals surface area contributed by atoms with Gasteiger partial charge in [0.25, 0.3) is 0 Å². The SMILES string of the molecule is CNC[C@H]1C[C@@H]1c1ccc(N(C)C)cc1. The van der Waals surface area contributed by atoms with Gasteiger partial charge in [-0.1, -0.05) is 12.1 Å². The summed E-state index contributed by atoms with van der Waals surface area (Å²) < 4.78 is 0. The molecule has 1 fully saturated rings. The first-order valence-electron chi connectivity index (χ1n) is 5.64. The third kappa shape index (κ3) is 2.32. The van der Waals surface area contributed by atoms with Crippen molar-refractivity contribution in [3.8, 4) is 0 Å². The zero-order chi connectivity index (χ0) is 10.8. The van der Waals surface area contributed by atoms with E-state index >= 15 is 0 Å². The molecule has 0 amide bonds. The van der Waals surface area contributed by atoms with Gasteiger partial charge in [-0.3, -0.25) is 0 Å². The number of anilines is 1. The van der Waals surface area contributed by atoms with Crippen LogP contribution in [0, 0.1) is 5.92 Å². The van der Waals surface area contributed by atoms with Gasteiger partial charge < -0.3 is 10.2 Å². The topological polar surface area (TPSA) is 15.3 Å². The summed E-state index contributed by atoms with van der Waals surface area (Å²) >= 11 is 0. The summed E-state index contributed by atoms with van der Waals surface area (Å²) in [5, 5.41) is 3.25. The lowest BCUT2D eigenvalue weighted by atomic mass is 10.1. The first kappa shape index (κ1) is 10.5. The van der Waals surface area contributed by atoms with Crippen LogP contribution in [0.3, 0.4) is 0 Å². The maximum Gasteiger partial charge on any atom is 0.0361 e. The fraction of sp³-hybridized carbons (Fsp3) is 0.538. The summed E-state index contributed by atoms with van der Waals surface area (Å²) in [5.74, 6) is 1.66. The molecule has 2 heteroatoms. The molecule has 2 atom stereocenters. The third-order valence-corrected chi connectivity index (χ3v) is 3.23. The van der Waals surface area contributed by atoms with Crippen LogP contribution >= 0.6 is 0 Å². The van der Waals surface area contributed by atoms with Crippen LogP contribution in [0.4, 0.5) is 5.69 Å². The monoisotopic (exact) mass is 204 g/mol. The Kier molecular flexibility index (Phi) is 2.96. The van der Waals surface area contributed by atoms with Gasteiger partial charge in [0.15, 0.2) is 0 Å². The minimum Gasteiger partial charge on any atom is -0.378 e. The quantitative estimate of drug-likeness (QED) is 0.807. The Balaban J connectivity index is 2.00. The Morgan fingerprint density at radius 3 is 2.47 bits per heavy atom. The van der Waals surface area contributed by atoms with Crippen molar-refractivity contribution < 1.29 is 0 Å². The molecule has 0 spiro atoms. The summed E-state index contributed by atoms with van der Waals surface area (Å²) in [6.07, 6.45) is 1.35. The number of hydrogen-bond acceptors (Lipinski definition) is 2. The Labute approximate surface area is 92.3 Å². The zero-order valence-corrected chi connectivity index (χ0v) is 9.83. The predicted octanol–water partition coefficient (Wildman–Crippen LogP) is 2.08. The molecule has 1 aromatic carbocycles. The molecule has 1 aromatic rings. The highest BCUT2D eigenvalue weighted by atomic mass is 15.1. The highest BCUT2D eigenvalue weighted by Crippen LogP contribution is 2.47. The van der Waals surface area contributed by atoms with E-state index in [1.54, 1.807) is 0 Å². The number of nitrogens with zero attached hydrogens (tertiary/aromatic N) is 1. The smallest absolute Gasteiger partial charge is 0.0361 e. The number of rotatable bonds is 4. The molecule has 0 unspecified atom stereocenters. The number of benzene rings is 1. The Morgan fingerprint density at radius 1 is 1.27 bits per heavy atom. The van der Waals surface area contributed by atoms with Crippen LogP contribution in [0.25, 0.3) is 0 Å². The van der Waals surface area contributed by atoms with Gasteiger partial charge in [0.2, 0.25) is 0 Å². The van der Waals surface area contributed by atoms with Crippen molar-refractivity contribution in [2.24, 2.45) is 5.92 Å². The highest BCUT2D eigenvalue weighted by molar-refractivity contribution is 5.47. The van der Waals surface area contributed by atoms with Gasteiger partial charge >= 0.3 is 0 Å². The average molecular weight is 204 g/mol. The van der Waals surface area contributed by atoms with Crippen molar-refractivity contribution in [3.63, 3.8) is 0 Å². The number of hydrogen-bond donors (Lipinski definition) is 1. The molecule has 0 bridgehead atoms. The van der Waals surface area contributed by atoms with Gasteiger partial charge in [-0.2, -0.15) is 0 Å². The molecule has 0 aliphatic heterocycles. The van der Waals surface area contributed by atoms with E-state index in [0.717, 1.165) is 18.4 Å². The van der Waals surface area contributed by atoms with Crippen LogP contribution in [-0.2, 0) is 0 Å². The minimum absolute atomic E-state index is 0.800. The van der Waals surface area contributed by atoms with Crippen molar-refractivity contribution in [2.45, 2.75) is 12.3 Å². The van der Waals surface area contributed by atoms with Gasteiger partial charge in [-0.25, -0.2) is 0 Å². The maximum absolute atomic E-state index is 3.25.